The predicted octanol–water partition coefficient (Wildman–Crippen LogP) is 3.71. The maximum Gasteiger partial charge on any atom is 0.247 e. The molecule has 0 atom stereocenters. The summed E-state index contributed by atoms with van der Waals surface area (Å²) in [5.41, 5.74) is 5.00. The monoisotopic (exact) mass is 356 g/mol. The Balaban J connectivity index is 1.77. The van der Waals surface area contributed by atoms with Crippen LogP contribution < -0.4 is 10.9 Å². The summed E-state index contributed by atoms with van der Waals surface area (Å²) in [6.07, 6.45) is 6.57. The molecule has 3 heterocycles. The van der Waals surface area contributed by atoms with Crippen molar-refractivity contribution in [3.63, 3.8) is 0 Å². The van der Waals surface area contributed by atoms with E-state index in [2.05, 4.69) is 26.8 Å². The molecular formula is C21H16N4O2. The first kappa shape index (κ1) is 16.5. The molecule has 0 saturated heterocycles. The number of rotatable bonds is 4. The molecule has 1 amide bonds. The molecule has 0 fully saturated rings. The Morgan fingerprint density at radius 1 is 1.04 bits per heavy atom. The molecule has 27 heavy (non-hydrogen) atoms. The van der Waals surface area contributed by atoms with Crippen molar-refractivity contribution < 1.29 is 4.79 Å². The predicted molar refractivity (Wildman–Crippen MR) is 106 cm³/mol. The number of hydrogen-bond acceptors (Lipinski definition) is 3. The fourth-order valence-electron chi connectivity index (χ4n) is 2.95. The third-order valence-corrected chi connectivity index (χ3v) is 4.28. The first-order valence-electron chi connectivity index (χ1n) is 8.34. The van der Waals surface area contributed by atoms with Gasteiger partial charge in [0.05, 0.1) is 0 Å². The molecule has 0 unspecified atom stereocenters. The van der Waals surface area contributed by atoms with Gasteiger partial charge in [-0.3, -0.25) is 9.59 Å². The summed E-state index contributed by atoms with van der Waals surface area (Å²) in [5, 5.41) is 3.70. The lowest BCUT2D eigenvalue weighted by Gasteiger charge is -2.07. The van der Waals surface area contributed by atoms with E-state index in [0.717, 1.165) is 33.3 Å². The number of hydrogen-bond donors (Lipinski definition) is 3. The number of benzene rings is 1. The van der Waals surface area contributed by atoms with Gasteiger partial charge in [0.2, 0.25) is 11.5 Å². The molecule has 0 spiro atoms. The Morgan fingerprint density at radius 2 is 1.93 bits per heavy atom. The Kier molecular flexibility index (Phi) is 4.14. The van der Waals surface area contributed by atoms with Crippen molar-refractivity contribution in [3.8, 4) is 22.3 Å². The van der Waals surface area contributed by atoms with Crippen LogP contribution in [0.3, 0.4) is 0 Å². The highest BCUT2D eigenvalue weighted by Gasteiger charge is 2.10. The number of fused-ring (bicyclic) bond motifs is 1. The number of amides is 1. The number of aromatic nitrogens is 3. The summed E-state index contributed by atoms with van der Waals surface area (Å²) in [6.45, 7) is 3.46. The van der Waals surface area contributed by atoms with E-state index >= 15 is 0 Å². The SMILES string of the molecule is C=CC(=O)Nc1cccc(-c2cnc3[nH]cc(-c4ccc(=O)[nH]c4)c3c2)c1. The fraction of sp³-hybridized carbons (Fsp3) is 0. The Morgan fingerprint density at radius 3 is 2.70 bits per heavy atom. The van der Waals surface area contributed by atoms with E-state index in [1.807, 2.05) is 36.5 Å². The molecule has 4 rings (SSSR count). The lowest BCUT2D eigenvalue weighted by atomic mass is 10.0. The first-order valence-corrected chi connectivity index (χ1v) is 8.34. The van der Waals surface area contributed by atoms with Crippen molar-refractivity contribution in [2.75, 3.05) is 5.32 Å². The molecule has 4 aromatic rings. The summed E-state index contributed by atoms with van der Waals surface area (Å²) in [6, 6.07) is 12.8. The van der Waals surface area contributed by atoms with Crippen molar-refractivity contribution in [2.45, 2.75) is 0 Å². The lowest BCUT2D eigenvalue weighted by Crippen LogP contribution is -2.06. The van der Waals surface area contributed by atoms with E-state index in [1.165, 1.54) is 12.1 Å². The molecule has 6 nitrogen and oxygen atoms in total. The zero-order valence-electron chi connectivity index (χ0n) is 14.3. The summed E-state index contributed by atoms with van der Waals surface area (Å²) in [4.78, 5) is 33.2. The largest absolute Gasteiger partial charge is 0.346 e. The second-order valence-electron chi connectivity index (χ2n) is 6.04. The van der Waals surface area contributed by atoms with Crippen LogP contribution in [0.1, 0.15) is 0 Å². The molecule has 3 aromatic heterocycles. The number of H-pyrrole nitrogens is 2. The van der Waals surface area contributed by atoms with Crippen LogP contribution in [-0.2, 0) is 4.79 Å². The van der Waals surface area contributed by atoms with E-state index in [1.54, 1.807) is 18.5 Å². The van der Waals surface area contributed by atoms with Gasteiger partial charge in [-0.15, -0.1) is 0 Å². The average molecular weight is 356 g/mol. The molecule has 1 aromatic carbocycles. The van der Waals surface area contributed by atoms with Gasteiger partial charge >= 0.3 is 0 Å². The molecule has 0 radical (unpaired) electrons. The number of carbonyl (C=O) groups is 1. The Hall–Kier alpha value is -3.93. The van der Waals surface area contributed by atoms with Crippen LogP contribution in [0.5, 0.6) is 0 Å². The quantitative estimate of drug-likeness (QED) is 0.487. The summed E-state index contributed by atoms with van der Waals surface area (Å²) >= 11 is 0. The third-order valence-electron chi connectivity index (χ3n) is 4.28. The highest BCUT2D eigenvalue weighted by Crippen LogP contribution is 2.31. The minimum atomic E-state index is -0.258. The minimum absolute atomic E-state index is 0.143. The van der Waals surface area contributed by atoms with Gasteiger partial charge in [0, 0.05) is 52.4 Å². The Labute approximate surface area is 154 Å². The van der Waals surface area contributed by atoms with Crippen molar-refractivity contribution in [1.82, 2.24) is 15.0 Å². The maximum absolute atomic E-state index is 11.5. The summed E-state index contributed by atoms with van der Waals surface area (Å²) in [7, 11) is 0. The van der Waals surface area contributed by atoms with E-state index < -0.39 is 0 Å². The second kappa shape index (κ2) is 6.76. The van der Waals surface area contributed by atoms with Crippen molar-refractivity contribution in [1.29, 1.82) is 0 Å². The minimum Gasteiger partial charge on any atom is -0.346 e. The first-order chi connectivity index (χ1) is 13.1. The number of anilines is 1. The van der Waals surface area contributed by atoms with Crippen molar-refractivity contribution in [2.24, 2.45) is 0 Å². The Bertz CT molecular complexity index is 1200. The zero-order chi connectivity index (χ0) is 18.8. The van der Waals surface area contributed by atoms with Crippen LogP contribution in [0.2, 0.25) is 0 Å². The summed E-state index contributed by atoms with van der Waals surface area (Å²) in [5.74, 6) is -0.258. The molecule has 6 heteroatoms. The van der Waals surface area contributed by atoms with Gasteiger partial charge in [-0.05, 0) is 35.9 Å². The molecular weight excluding hydrogens is 340 g/mol. The van der Waals surface area contributed by atoms with Crippen molar-refractivity contribution >= 4 is 22.6 Å². The maximum atomic E-state index is 11.5. The van der Waals surface area contributed by atoms with E-state index in [4.69, 9.17) is 0 Å². The summed E-state index contributed by atoms with van der Waals surface area (Å²) < 4.78 is 0. The third kappa shape index (κ3) is 3.28. The number of pyridine rings is 2. The van der Waals surface area contributed by atoms with Crippen molar-refractivity contribution in [3.05, 3.63) is 84.1 Å². The van der Waals surface area contributed by atoms with Crippen LogP contribution in [0.25, 0.3) is 33.3 Å². The van der Waals surface area contributed by atoms with Crippen LogP contribution >= 0.6 is 0 Å². The molecule has 0 aliphatic carbocycles. The van der Waals surface area contributed by atoms with E-state index in [-0.39, 0.29) is 11.5 Å². The van der Waals surface area contributed by atoms with E-state index in [0.29, 0.717) is 5.69 Å². The molecule has 132 valence electrons. The highest BCUT2D eigenvalue weighted by atomic mass is 16.1. The van der Waals surface area contributed by atoms with Gasteiger partial charge in [0.1, 0.15) is 5.65 Å². The number of aromatic amines is 2. The molecule has 0 bridgehead atoms. The van der Waals surface area contributed by atoms with Crippen LogP contribution in [0.15, 0.2) is 78.5 Å². The van der Waals surface area contributed by atoms with Gasteiger partial charge in [0.15, 0.2) is 0 Å². The average Bonchev–Trinajstić information content (AvgIpc) is 3.12. The van der Waals surface area contributed by atoms with E-state index in [9.17, 15) is 9.59 Å². The second-order valence-corrected chi connectivity index (χ2v) is 6.04. The number of nitrogens with one attached hydrogen (secondary N) is 3. The van der Waals surface area contributed by atoms with Gasteiger partial charge < -0.3 is 15.3 Å². The topological polar surface area (TPSA) is 90.6 Å². The van der Waals surface area contributed by atoms with Crippen LogP contribution in [0.4, 0.5) is 5.69 Å². The highest BCUT2D eigenvalue weighted by molar-refractivity contribution is 5.99. The smallest absolute Gasteiger partial charge is 0.247 e. The van der Waals surface area contributed by atoms with Crippen LogP contribution in [-0.4, -0.2) is 20.9 Å². The normalized spacial score (nSPS) is 10.7. The fourth-order valence-corrected chi connectivity index (χ4v) is 2.95. The van der Waals surface area contributed by atoms with Gasteiger partial charge in [-0.1, -0.05) is 18.7 Å². The molecule has 0 aliphatic heterocycles. The number of nitrogens with zero attached hydrogens (tertiary/aromatic N) is 1. The van der Waals surface area contributed by atoms with Gasteiger partial charge in [-0.25, -0.2) is 4.98 Å². The van der Waals surface area contributed by atoms with Gasteiger partial charge in [-0.2, -0.15) is 0 Å². The van der Waals surface area contributed by atoms with Crippen LogP contribution in [0, 0.1) is 0 Å². The molecule has 0 aliphatic rings. The zero-order valence-corrected chi connectivity index (χ0v) is 14.3. The van der Waals surface area contributed by atoms with Gasteiger partial charge in [0.25, 0.3) is 0 Å². The standard InChI is InChI=1S/C21H16N4O2/c1-2-19(26)25-16-5-3-4-13(8-16)15-9-17-18(12-24-21(17)23-11-15)14-6-7-20(27)22-10-14/h2-12H,1H2,(H,22,27)(H,23,24)(H,25,26). The molecule has 3 N–H and O–H groups in total. The lowest BCUT2D eigenvalue weighted by molar-refractivity contribution is -0.111. The number of carbonyl (C=O) groups excluding carboxylic acids is 1. The molecule has 0 saturated carbocycles.